The summed E-state index contributed by atoms with van der Waals surface area (Å²) in [5.41, 5.74) is 20.1. The number of unbranched alkanes of at least 4 members (excludes halogenated alkanes) is 1. The van der Waals surface area contributed by atoms with Crippen molar-refractivity contribution in [3.63, 3.8) is 0 Å². The van der Waals surface area contributed by atoms with Crippen LogP contribution in [0.15, 0.2) is 390 Å². The smallest absolute Gasteiger partial charge is 0.00576 e. The molecule has 8 atom stereocenters. The van der Waals surface area contributed by atoms with Gasteiger partial charge in [0, 0.05) is 12.3 Å². The highest BCUT2D eigenvalue weighted by Gasteiger charge is 2.23. The second-order valence-corrected chi connectivity index (χ2v) is 34.6. The fourth-order valence-electron chi connectivity index (χ4n) is 14.2. The zero-order valence-corrected chi connectivity index (χ0v) is 85.1. The molecule has 0 aliphatic carbocycles. The SMILES string of the molecule is C.C.C.C.C.C.C.C.C.C.C.C.C.C.C.C.C.C.C#CCC.C=C(C)CC(C)CCC.C=C(C)CCC.C=C(CC(CC(/C=C\c1ccccc1)c1ccccc1)c1ccccc1)c1ccccc1.C=C(CC(CC(C)c1ccccc1)c1ccccc1)c1ccccc1.C=CCC.CC.CC(CC(CC(C)c1ccccc1)c1ccccc1)c1ccccc1.CCC.CCC(C)C.CCC(C)c1ccccc1.CCCC. The van der Waals surface area contributed by atoms with Crippen LogP contribution in [0.25, 0.3) is 17.2 Å². The molecule has 0 fully saturated rings. The van der Waals surface area contributed by atoms with Crippen molar-refractivity contribution in [2.24, 2.45) is 11.8 Å². The standard InChI is InChI=1S/C32H30.C25H28.C25H26.C10H14.C9H18.C6H12.C5H12.C4H10.C4H8.C4H6.C3H8.C2H6.18CH4/c1-26(28-16-8-3-9-17-28)24-32(30-20-12-5-13-21-30)25-31(29-18-10-4-11-19-29)23-22-27-14-6-2-7-15-27;2*1-20(22-12-6-3-7-13-22)18-25(24-16-10-5-11-17-24)19-21(2)23-14-8-4-9-15-23;1-3-9(2)10-7-5-4-6-8-10;1-5-6-9(4)7-8(2)3;1-4-5-6(2)3;1-4-5(2)3;3*1-3-4-2;1-3-2;1-2;;;;;;;;;;;;;;;;;;/h2-23,31-32H,1,24-25H2;3-17,20-21,25H,18-19H2,1-2H3;3-17,21,25H,1,18-19H2,2H3;4-9H,3H2,1-2H3;9H,2,5-7H2,1,3-4H3;2,4-5H2,1,3H3;5H,4H2,1-3H3;3-4H2,1-2H3;3H,1,4H2,2H3;1H,4H2,2H3;3H2,1-2H3;1-2H3;18*1H4/b23-22-;;;;;;;;;;;;;;;;;;;;;;;;;;;;;. The average Bonchev–Trinajstić information content (AvgIpc) is 0.834. The zero-order chi connectivity index (χ0) is 95.9. The Labute approximate surface area is 928 Å². The summed E-state index contributed by atoms with van der Waals surface area (Å²) in [7, 11) is 0. The van der Waals surface area contributed by atoms with Gasteiger partial charge in [-0.1, -0.05) is 686 Å². The molecule has 0 aliphatic heterocycles. The summed E-state index contributed by atoms with van der Waals surface area (Å²) in [6.45, 7) is 65.6. The van der Waals surface area contributed by atoms with Crippen LogP contribution in [0.5, 0.6) is 0 Å². The summed E-state index contributed by atoms with van der Waals surface area (Å²) >= 11 is 0. The molecule has 8 unspecified atom stereocenters. The van der Waals surface area contributed by atoms with E-state index in [9.17, 15) is 0 Å². The Bertz CT molecular complexity index is 4390. The lowest BCUT2D eigenvalue weighted by Gasteiger charge is -2.25. The van der Waals surface area contributed by atoms with Crippen LogP contribution >= 0.6 is 0 Å². The van der Waals surface area contributed by atoms with Crippen LogP contribution in [-0.2, 0) is 0 Å². The van der Waals surface area contributed by atoms with Gasteiger partial charge in [0.25, 0.3) is 0 Å². The first-order valence-electron chi connectivity index (χ1n) is 49.4. The summed E-state index contributed by atoms with van der Waals surface area (Å²) in [6, 6.07) is 119. The van der Waals surface area contributed by atoms with Gasteiger partial charge in [-0.25, -0.2) is 0 Å². The number of terminal acetylenes is 1. The monoisotopic (exact) mass is 2020 g/mol. The quantitative estimate of drug-likeness (QED) is 0.0279. The van der Waals surface area contributed by atoms with Crippen LogP contribution in [0.4, 0.5) is 0 Å². The van der Waals surface area contributed by atoms with Gasteiger partial charge in [-0.2, -0.15) is 0 Å². The van der Waals surface area contributed by atoms with E-state index in [0.29, 0.717) is 47.3 Å². The highest BCUT2D eigenvalue weighted by Crippen LogP contribution is 2.41. The van der Waals surface area contributed by atoms with Gasteiger partial charge in [0.15, 0.2) is 0 Å². The molecule has 11 aromatic rings. The first kappa shape index (κ1) is 181. The van der Waals surface area contributed by atoms with E-state index in [2.05, 4.69) is 509 Å². The molecule has 0 saturated carbocycles. The predicted octanol–water partition coefficient (Wildman–Crippen LogP) is 52.3. The molecular formula is C147H250. The van der Waals surface area contributed by atoms with Gasteiger partial charge >= 0.3 is 0 Å². The number of hydrogen-bond donors (Lipinski definition) is 0. The van der Waals surface area contributed by atoms with Crippen molar-refractivity contribution in [2.75, 3.05) is 0 Å². The van der Waals surface area contributed by atoms with Crippen molar-refractivity contribution in [1.29, 1.82) is 0 Å². The van der Waals surface area contributed by atoms with Crippen molar-refractivity contribution in [3.8, 4) is 12.3 Å². The third-order valence-electron chi connectivity index (χ3n) is 22.2. The molecule has 0 amide bonds. The van der Waals surface area contributed by atoms with E-state index in [0.717, 1.165) is 50.4 Å². The summed E-state index contributed by atoms with van der Waals surface area (Å²) in [5, 5.41) is 0. The lowest BCUT2D eigenvalue weighted by molar-refractivity contribution is 0.489. The Morgan fingerprint density at radius 2 is 0.524 bits per heavy atom. The minimum absolute atomic E-state index is 0. The van der Waals surface area contributed by atoms with Crippen LogP contribution in [0.1, 0.15) is 503 Å². The molecule has 0 spiro atoms. The minimum Gasteiger partial charge on any atom is -0.120 e. The molecule has 147 heavy (non-hydrogen) atoms. The molecule has 11 rings (SSSR count). The number of benzene rings is 11. The number of rotatable bonds is 34. The Balaban J connectivity index is -0.0000000772. The molecule has 0 aliphatic rings. The second-order valence-electron chi connectivity index (χ2n) is 34.6. The van der Waals surface area contributed by atoms with Crippen LogP contribution in [0.2, 0.25) is 0 Å². The summed E-state index contributed by atoms with van der Waals surface area (Å²) in [5.74, 6) is 8.28. The van der Waals surface area contributed by atoms with Gasteiger partial charge in [-0.3, -0.25) is 0 Å². The van der Waals surface area contributed by atoms with Gasteiger partial charge in [0.05, 0.1) is 0 Å². The van der Waals surface area contributed by atoms with E-state index in [4.69, 9.17) is 6.42 Å². The molecule has 0 aromatic heterocycles. The maximum Gasteiger partial charge on any atom is 0.00576 e. The summed E-state index contributed by atoms with van der Waals surface area (Å²) in [4.78, 5) is 0. The van der Waals surface area contributed by atoms with E-state index < -0.39 is 0 Å². The van der Waals surface area contributed by atoms with Gasteiger partial charge in [0.2, 0.25) is 0 Å². The Kier molecular flexibility index (Phi) is 151. The van der Waals surface area contributed by atoms with E-state index in [1.165, 1.54) is 161 Å². The molecular weight excluding hydrogens is 1770 g/mol. The third-order valence-corrected chi connectivity index (χ3v) is 22.2. The van der Waals surface area contributed by atoms with Crippen LogP contribution in [-0.4, -0.2) is 0 Å². The van der Waals surface area contributed by atoms with Crippen molar-refractivity contribution < 1.29 is 0 Å². The molecule has 0 saturated heterocycles. The highest BCUT2D eigenvalue weighted by atomic mass is 14.3. The molecule has 11 aromatic carbocycles. The van der Waals surface area contributed by atoms with Crippen molar-refractivity contribution >= 4 is 17.2 Å². The lowest BCUT2D eigenvalue weighted by atomic mass is 9.80. The second kappa shape index (κ2) is 122. The van der Waals surface area contributed by atoms with Gasteiger partial charge in [0.1, 0.15) is 0 Å². The van der Waals surface area contributed by atoms with Crippen LogP contribution in [0, 0.1) is 24.2 Å². The maximum absolute atomic E-state index is 4.78. The molecule has 0 N–H and O–H groups in total. The van der Waals surface area contributed by atoms with Gasteiger partial charge in [-0.15, -0.1) is 32.1 Å². The Morgan fingerprint density at radius 1 is 0.293 bits per heavy atom. The first-order valence-corrected chi connectivity index (χ1v) is 49.4. The predicted molar refractivity (Wildman–Crippen MR) is 708 cm³/mol. The van der Waals surface area contributed by atoms with Gasteiger partial charge in [-0.05, 0) is 204 Å². The van der Waals surface area contributed by atoms with E-state index in [1.807, 2.05) is 26.8 Å². The van der Waals surface area contributed by atoms with Crippen molar-refractivity contribution in [3.05, 3.63) is 451 Å². The van der Waals surface area contributed by atoms with Crippen LogP contribution < -0.4 is 0 Å². The summed E-state index contributed by atoms with van der Waals surface area (Å²) in [6.07, 6.45) is 32.3. The fourth-order valence-corrected chi connectivity index (χ4v) is 14.2. The molecule has 0 bridgehead atoms. The first-order chi connectivity index (χ1) is 62.5. The normalized spacial score (nSPS) is 10.6. The molecule has 0 heterocycles. The average molecular weight is 2020 g/mol. The molecule has 0 radical (unpaired) electrons. The van der Waals surface area contributed by atoms with Crippen molar-refractivity contribution in [2.45, 2.75) is 442 Å². The molecule has 0 nitrogen and oxygen atoms in total. The fraction of sp³-hybridized carbons (Fsp3) is 0.456. The van der Waals surface area contributed by atoms with E-state index >= 15 is 0 Å². The third kappa shape index (κ3) is 90.3. The lowest BCUT2D eigenvalue weighted by Crippen LogP contribution is -2.08. The maximum atomic E-state index is 4.78. The van der Waals surface area contributed by atoms with Crippen molar-refractivity contribution in [1.82, 2.24) is 0 Å². The number of allylic oxidation sites excluding steroid dienone is 6. The van der Waals surface area contributed by atoms with E-state index in [1.54, 1.807) is 0 Å². The Hall–Kier alpha value is -10.6. The Morgan fingerprint density at radius 3 is 0.741 bits per heavy atom. The van der Waals surface area contributed by atoms with Gasteiger partial charge < -0.3 is 0 Å². The van der Waals surface area contributed by atoms with E-state index in [-0.39, 0.29) is 134 Å². The zero-order valence-electron chi connectivity index (χ0n) is 85.1. The topological polar surface area (TPSA) is 0 Å². The summed E-state index contributed by atoms with van der Waals surface area (Å²) < 4.78 is 0. The minimum atomic E-state index is 0. The largest absolute Gasteiger partial charge is 0.120 e. The highest BCUT2D eigenvalue weighted by molar-refractivity contribution is 5.65. The number of hydrogen-bond acceptors (Lipinski definition) is 0. The molecule has 0 heteroatoms. The van der Waals surface area contributed by atoms with Crippen LogP contribution in [0.3, 0.4) is 0 Å². The molecule has 838 valence electrons.